The Morgan fingerprint density at radius 2 is 1.54 bits per heavy atom. The van der Waals surface area contributed by atoms with Crippen molar-refractivity contribution in [1.29, 1.82) is 0 Å². The Hall–Kier alpha value is -3.56. The average Bonchev–Trinajstić information content (AvgIpc) is 2.97. The smallest absolute Gasteiger partial charge is 0.288 e. The van der Waals surface area contributed by atoms with Crippen molar-refractivity contribution in [3.63, 3.8) is 0 Å². The molecule has 0 aliphatic carbocycles. The van der Waals surface area contributed by atoms with Gasteiger partial charge in [0.1, 0.15) is 0 Å². The Kier molecular flexibility index (Phi) is 10.2. The quantitative estimate of drug-likeness (QED) is 0.154. The Bertz CT molecular complexity index is 1380. The van der Waals surface area contributed by atoms with Crippen LogP contribution in [0.25, 0.3) is 0 Å². The molecule has 0 radical (unpaired) electrons. The van der Waals surface area contributed by atoms with Crippen molar-refractivity contribution in [2.24, 2.45) is 0 Å². The second-order valence-corrected chi connectivity index (χ2v) is 10.7. The van der Waals surface area contributed by atoms with E-state index in [0.717, 1.165) is 44.0 Å². The third-order valence-electron chi connectivity index (χ3n) is 6.11. The molecule has 1 atom stereocenters. The average molecular weight is 550 g/mol. The summed E-state index contributed by atoms with van der Waals surface area (Å²) >= 11 is 0. The molecule has 3 N–H and O–H groups in total. The predicted molar refractivity (Wildman–Crippen MR) is 145 cm³/mol. The van der Waals surface area contributed by atoms with Gasteiger partial charge >= 0.3 is 0 Å². The van der Waals surface area contributed by atoms with Gasteiger partial charge in [0, 0.05) is 30.8 Å². The molecule has 1 amide bonds. The molecular weight excluding hydrogens is 518 g/mol. The van der Waals surface area contributed by atoms with Crippen molar-refractivity contribution in [1.82, 2.24) is 15.1 Å². The second kappa shape index (κ2) is 14.0. The molecule has 1 aliphatic heterocycles. The number of benzene rings is 3. The highest BCUT2D eigenvalue weighted by Crippen LogP contribution is 2.13. The molecule has 0 unspecified atom stereocenters. The largest absolute Gasteiger partial charge is 0.379 e. The van der Waals surface area contributed by atoms with Crippen molar-refractivity contribution < 1.29 is 27.9 Å². The molecule has 0 saturated carbocycles. The molecule has 204 valence electrons. The highest BCUT2D eigenvalue weighted by molar-refractivity contribution is 7.89. The van der Waals surface area contributed by atoms with Crippen LogP contribution in [0.1, 0.15) is 22.3 Å². The molecule has 1 fully saturated rings. The molecule has 3 aromatic carbocycles. The van der Waals surface area contributed by atoms with Gasteiger partial charge in [-0.1, -0.05) is 54.3 Å². The maximum absolute atomic E-state index is 12.9. The zero-order chi connectivity index (χ0) is 27.5. The minimum atomic E-state index is -4.12. The van der Waals surface area contributed by atoms with Crippen LogP contribution in [0.3, 0.4) is 0 Å². The number of nitrogens with zero attached hydrogens (tertiary/aromatic N) is 1. The van der Waals surface area contributed by atoms with Gasteiger partial charge in [0.2, 0.25) is 16.3 Å². The molecule has 4 rings (SSSR count). The van der Waals surface area contributed by atoms with Gasteiger partial charge in [-0.25, -0.2) is 13.9 Å². The van der Waals surface area contributed by atoms with Gasteiger partial charge in [0.25, 0.3) is 5.91 Å². The number of ether oxygens (including phenoxy) is 2. The summed E-state index contributed by atoms with van der Waals surface area (Å²) in [6, 6.07) is 23.4. The number of rotatable bonds is 10. The second-order valence-electron chi connectivity index (χ2n) is 8.94. The van der Waals surface area contributed by atoms with E-state index in [1.54, 1.807) is 12.1 Å². The molecule has 0 aromatic heterocycles. The number of hydroxylamine groups is 1. The van der Waals surface area contributed by atoms with Gasteiger partial charge in [-0.05, 0) is 53.9 Å². The number of carbonyl (C=O) groups is 1. The summed E-state index contributed by atoms with van der Waals surface area (Å²) in [4.78, 5) is 14.3. The highest BCUT2D eigenvalue weighted by atomic mass is 32.2. The van der Waals surface area contributed by atoms with E-state index in [9.17, 15) is 13.2 Å². The fraction of sp³-hybridized carbons (Fsp3) is 0.276. The lowest BCUT2D eigenvalue weighted by Crippen LogP contribution is -2.47. The number of amides is 1. The van der Waals surface area contributed by atoms with Crippen LogP contribution in [0, 0.1) is 11.8 Å². The van der Waals surface area contributed by atoms with Crippen molar-refractivity contribution in [2.75, 3.05) is 32.9 Å². The van der Waals surface area contributed by atoms with Crippen LogP contribution < -0.4 is 10.2 Å². The lowest BCUT2D eigenvalue weighted by molar-refractivity contribution is -0.142. The molecule has 1 saturated heterocycles. The lowest BCUT2D eigenvalue weighted by Gasteiger charge is -2.26. The van der Waals surface area contributed by atoms with Crippen molar-refractivity contribution in [3.05, 3.63) is 101 Å². The standard InChI is InChI=1S/C29H31N3O6S/c33-28(30-34)29(38-19-16-23-4-2-1-3-5-23)31-39(35,36)27-14-12-25(13-15-27)7-6-24-8-10-26(11-9-24)22-32-17-20-37-21-18-32/h1-5,8-15,29,31,34H,16-22H2,(H,30,33)/t29-/m0/s1. The number of sulfonamides is 1. The predicted octanol–water partition coefficient (Wildman–Crippen LogP) is 2.29. The topological polar surface area (TPSA) is 117 Å². The first-order valence-corrected chi connectivity index (χ1v) is 14.0. The van der Waals surface area contributed by atoms with E-state index in [1.165, 1.54) is 23.2 Å². The third-order valence-corrected chi connectivity index (χ3v) is 7.53. The molecular formula is C29H31N3O6S. The van der Waals surface area contributed by atoms with Gasteiger partial charge in [0.15, 0.2) is 0 Å². The van der Waals surface area contributed by atoms with Crippen LogP contribution in [-0.2, 0) is 37.3 Å². The summed E-state index contributed by atoms with van der Waals surface area (Å²) in [6.45, 7) is 4.33. The number of hydrogen-bond acceptors (Lipinski definition) is 7. The molecule has 10 heteroatoms. The molecule has 1 heterocycles. The summed E-state index contributed by atoms with van der Waals surface area (Å²) in [5, 5.41) is 9.03. The van der Waals surface area contributed by atoms with Crippen LogP contribution >= 0.6 is 0 Å². The van der Waals surface area contributed by atoms with Gasteiger partial charge in [-0.15, -0.1) is 0 Å². The summed E-state index contributed by atoms with van der Waals surface area (Å²) in [5.41, 5.74) is 5.09. The minimum Gasteiger partial charge on any atom is -0.379 e. The van der Waals surface area contributed by atoms with Crippen molar-refractivity contribution >= 4 is 15.9 Å². The number of carbonyl (C=O) groups excluding carboxylic acids is 1. The third kappa shape index (κ3) is 8.73. The van der Waals surface area contributed by atoms with Crippen molar-refractivity contribution in [2.45, 2.75) is 24.1 Å². The Morgan fingerprint density at radius 3 is 2.15 bits per heavy atom. The molecule has 0 spiro atoms. The van der Waals surface area contributed by atoms with E-state index in [0.29, 0.717) is 12.0 Å². The van der Waals surface area contributed by atoms with E-state index in [-0.39, 0.29) is 11.5 Å². The van der Waals surface area contributed by atoms with Crippen LogP contribution in [0.15, 0.2) is 83.8 Å². The van der Waals surface area contributed by atoms with Gasteiger partial charge in [0.05, 0.1) is 24.7 Å². The van der Waals surface area contributed by atoms with Gasteiger partial charge in [-0.3, -0.25) is 14.9 Å². The molecule has 0 bridgehead atoms. The maximum Gasteiger partial charge on any atom is 0.288 e. The minimum absolute atomic E-state index is 0.0628. The van der Waals surface area contributed by atoms with Crippen LogP contribution in [0.2, 0.25) is 0 Å². The van der Waals surface area contributed by atoms with E-state index in [1.807, 2.05) is 42.5 Å². The summed E-state index contributed by atoms with van der Waals surface area (Å²) < 4.78 is 38.7. The number of morpholine rings is 1. The normalized spacial score (nSPS) is 14.7. The number of hydrogen-bond donors (Lipinski definition) is 3. The maximum atomic E-state index is 12.9. The van der Waals surface area contributed by atoms with E-state index < -0.39 is 22.2 Å². The van der Waals surface area contributed by atoms with Gasteiger partial charge in [-0.2, -0.15) is 4.72 Å². The van der Waals surface area contributed by atoms with Crippen molar-refractivity contribution in [3.8, 4) is 11.8 Å². The molecule has 3 aromatic rings. The highest BCUT2D eigenvalue weighted by Gasteiger charge is 2.26. The van der Waals surface area contributed by atoms with E-state index >= 15 is 0 Å². The Morgan fingerprint density at radius 1 is 0.923 bits per heavy atom. The van der Waals surface area contributed by atoms with Crippen LogP contribution in [-0.4, -0.2) is 63.6 Å². The zero-order valence-electron chi connectivity index (χ0n) is 21.4. The monoisotopic (exact) mass is 549 g/mol. The lowest BCUT2D eigenvalue weighted by atomic mass is 10.1. The first-order chi connectivity index (χ1) is 18.9. The van der Waals surface area contributed by atoms with Crippen LogP contribution in [0.5, 0.6) is 0 Å². The summed E-state index contributed by atoms with van der Waals surface area (Å²) in [5.74, 6) is 5.11. The molecule has 9 nitrogen and oxygen atoms in total. The molecule has 1 aliphatic rings. The first-order valence-electron chi connectivity index (χ1n) is 12.6. The molecule has 39 heavy (non-hydrogen) atoms. The summed E-state index contributed by atoms with van der Waals surface area (Å²) in [6.07, 6.45) is -1.14. The first kappa shape index (κ1) is 28.4. The fourth-order valence-corrected chi connectivity index (χ4v) is 5.03. The SMILES string of the molecule is O=C(NO)[C@@H](NS(=O)(=O)c1ccc(C#Cc2ccc(CN3CCOCC3)cc2)cc1)OCCc1ccccc1. The van der Waals surface area contributed by atoms with E-state index in [2.05, 4.69) is 33.6 Å². The van der Waals surface area contributed by atoms with Gasteiger partial charge < -0.3 is 9.47 Å². The number of nitrogens with one attached hydrogen (secondary N) is 2. The van der Waals surface area contributed by atoms with E-state index in [4.69, 9.17) is 14.7 Å². The summed E-state index contributed by atoms with van der Waals surface area (Å²) in [7, 11) is -4.12. The fourth-order valence-electron chi connectivity index (χ4n) is 3.94. The van der Waals surface area contributed by atoms with Crippen LogP contribution in [0.4, 0.5) is 0 Å². The zero-order valence-corrected chi connectivity index (χ0v) is 22.2. The Balaban J connectivity index is 1.34. The Labute approximate surface area is 228 Å².